The number of rotatable bonds is 4. The van der Waals surface area contributed by atoms with Crippen LogP contribution in [0.25, 0.3) is 16.9 Å². The Morgan fingerprint density at radius 3 is 2.21 bits per heavy atom. The third-order valence-electron chi connectivity index (χ3n) is 3.81. The molecule has 3 rings (SSSR count). The SMILES string of the molecule is N#CC(C#N)=CNc1ccc(-c2cc(C(F)(F)F)nn2-c2ccccc2)cc1. The Hall–Kier alpha value is -4.04. The van der Waals surface area contributed by atoms with E-state index in [0.717, 1.165) is 6.07 Å². The zero-order chi connectivity index (χ0) is 20.1. The number of allylic oxidation sites excluding steroid dienone is 1. The number of halogens is 3. The van der Waals surface area contributed by atoms with Crippen LogP contribution in [0.1, 0.15) is 5.69 Å². The summed E-state index contributed by atoms with van der Waals surface area (Å²) in [4.78, 5) is 0. The van der Waals surface area contributed by atoms with Crippen LogP contribution in [0.15, 0.2) is 72.4 Å². The van der Waals surface area contributed by atoms with E-state index in [1.54, 1.807) is 66.7 Å². The second kappa shape index (κ2) is 7.68. The molecule has 0 bridgehead atoms. The molecule has 0 fully saturated rings. The molecule has 1 N–H and O–H groups in total. The van der Waals surface area contributed by atoms with E-state index in [-0.39, 0.29) is 11.3 Å². The lowest BCUT2D eigenvalue weighted by molar-refractivity contribution is -0.141. The number of nitrogens with one attached hydrogen (secondary N) is 1. The van der Waals surface area contributed by atoms with Gasteiger partial charge in [-0.3, -0.25) is 0 Å². The fourth-order valence-corrected chi connectivity index (χ4v) is 2.47. The Labute approximate surface area is 158 Å². The van der Waals surface area contributed by atoms with E-state index in [4.69, 9.17) is 10.5 Å². The minimum absolute atomic E-state index is 0.0963. The van der Waals surface area contributed by atoms with Crippen molar-refractivity contribution in [1.29, 1.82) is 10.5 Å². The van der Waals surface area contributed by atoms with Crippen LogP contribution in [0.4, 0.5) is 18.9 Å². The predicted molar refractivity (Wildman–Crippen MR) is 96.9 cm³/mol. The van der Waals surface area contributed by atoms with E-state index in [2.05, 4.69) is 10.4 Å². The van der Waals surface area contributed by atoms with Crippen LogP contribution in [0.2, 0.25) is 0 Å². The van der Waals surface area contributed by atoms with Crippen LogP contribution in [-0.2, 0) is 6.18 Å². The summed E-state index contributed by atoms with van der Waals surface area (Å²) in [5.41, 5.74) is 0.821. The predicted octanol–water partition coefficient (Wildman–Crippen LogP) is 4.90. The van der Waals surface area contributed by atoms with Gasteiger partial charge in [0.15, 0.2) is 5.69 Å². The van der Waals surface area contributed by atoms with Gasteiger partial charge in [0.25, 0.3) is 0 Å². The minimum atomic E-state index is -4.56. The normalized spacial score (nSPS) is 10.6. The molecule has 0 saturated carbocycles. The molecule has 138 valence electrons. The number of benzene rings is 2. The maximum atomic E-state index is 13.2. The monoisotopic (exact) mass is 379 g/mol. The zero-order valence-corrected chi connectivity index (χ0v) is 14.3. The molecule has 3 aromatic rings. The summed E-state index contributed by atoms with van der Waals surface area (Å²) in [6, 6.07) is 19.5. The summed E-state index contributed by atoms with van der Waals surface area (Å²) in [7, 11) is 0. The van der Waals surface area contributed by atoms with Crippen molar-refractivity contribution in [3.05, 3.63) is 78.1 Å². The number of hydrogen-bond acceptors (Lipinski definition) is 4. The second-order valence-corrected chi connectivity index (χ2v) is 5.66. The van der Waals surface area contributed by atoms with Crippen molar-refractivity contribution in [2.75, 3.05) is 5.32 Å². The molecular formula is C20H12F3N5. The molecule has 28 heavy (non-hydrogen) atoms. The van der Waals surface area contributed by atoms with E-state index in [0.29, 0.717) is 16.9 Å². The molecule has 0 amide bonds. The van der Waals surface area contributed by atoms with Gasteiger partial charge in [-0.1, -0.05) is 30.3 Å². The van der Waals surface area contributed by atoms with E-state index in [9.17, 15) is 13.2 Å². The summed E-state index contributed by atoms with van der Waals surface area (Å²) >= 11 is 0. The van der Waals surface area contributed by atoms with Crippen molar-refractivity contribution in [3.8, 4) is 29.1 Å². The molecule has 0 spiro atoms. The van der Waals surface area contributed by atoms with Crippen LogP contribution >= 0.6 is 0 Å². The van der Waals surface area contributed by atoms with Gasteiger partial charge in [0, 0.05) is 17.5 Å². The lowest BCUT2D eigenvalue weighted by Gasteiger charge is -2.08. The maximum Gasteiger partial charge on any atom is 0.435 e. The Bertz CT molecular complexity index is 1070. The largest absolute Gasteiger partial charge is 0.435 e. The molecular weight excluding hydrogens is 367 g/mol. The topological polar surface area (TPSA) is 77.4 Å². The molecule has 0 radical (unpaired) electrons. The first-order valence-corrected chi connectivity index (χ1v) is 8.02. The minimum Gasteiger partial charge on any atom is -0.360 e. The summed E-state index contributed by atoms with van der Waals surface area (Å²) in [6.07, 6.45) is -3.31. The van der Waals surface area contributed by atoms with Crippen LogP contribution in [-0.4, -0.2) is 9.78 Å². The van der Waals surface area contributed by atoms with Crippen molar-refractivity contribution in [2.24, 2.45) is 0 Å². The molecule has 2 aromatic carbocycles. The molecule has 1 heterocycles. The molecule has 0 aliphatic carbocycles. The van der Waals surface area contributed by atoms with Crippen molar-refractivity contribution in [3.63, 3.8) is 0 Å². The van der Waals surface area contributed by atoms with E-state index in [1.807, 2.05) is 0 Å². The summed E-state index contributed by atoms with van der Waals surface area (Å²) in [6.45, 7) is 0. The first-order chi connectivity index (χ1) is 13.4. The van der Waals surface area contributed by atoms with Gasteiger partial charge >= 0.3 is 6.18 Å². The number of hydrogen-bond donors (Lipinski definition) is 1. The van der Waals surface area contributed by atoms with Gasteiger partial charge < -0.3 is 5.32 Å². The van der Waals surface area contributed by atoms with Gasteiger partial charge in [0.05, 0.1) is 11.4 Å². The summed E-state index contributed by atoms with van der Waals surface area (Å²) in [5.74, 6) is 0. The number of nitrogens with zero attached hydrogens (tertiary/aromatic N) is 4. The number of alkyl halides is 3. The van der Waals surface area contributed by atoms with E-state index < -0.39 is 11.9 Å². The van der Waals surface area contributed by atoms with Crippen LogP contribution in [0, 0.1) is 22.7 Å². The Balaban J connectivity index is 1.99. The highest BCUT2D eigenvalue weighted by Gasteiger charge is 2.35. The first-order valence-electron chi connectivity index (χ1n) is 8.02. The summed E-state index contributed by atoms with van der Waals surface area (Å²) < 4.78 is 40.8. The van der Waals surface area contributed by atoms with Crippen molar-refractivity contribution >= 4 is 5.69 Å². The van der Waals surface area contributed by atoms with Crippen LogP contribution < -0.4 is 5.32 Å². The number of anilines is 1. The summed E-state index contributed by atoms with van der Waals surface area (Å²) in [5, 5.41) is 24.0. The van der Waals surface area contributed by atoms with Gasteiger partial charge in [-0.15, -0.1) is 0 Å². The second-order valence-electron chi connectivity index (χ2n) is 5.66. The van der Waals surface area contributed by atoms with Gasteiger partial charge in [-0.05, 0) is 30.3 Å². The van der Waals surface area contributed by atoms with Gasteiger partial charge in [-0.25, -0.2) is 4.68 Å². The van der Waals surface area contributed by atoms with E-state index >= 15 is 0 Å². The Morgan fingerprint density at radius 1 is 1.00 bits per heavy atom. The molecule has 0 atom stereocenters. The molecule has 0 aliphatic rings. The fraction of sp³-hybridized carbons (Fsp3) is 0.0500. The molecule has 8 heteroatoms. The van der Waals surface area contributed by atoms with Crippen molar-refractivity contribution in [2.45, 2.75) is 6.18 Å². The number of para-hydroxylation sites is 1. The third-order valence-corrected chi connectivity index (χ3v) is 3.81. The quantitative estimate of drug-likeness (QED) is 0.654. The Kier molecular flexibility index (Phi) is 5.14. The standard InChI is InChI=1S/C20H12F3N5/c21-20(22,23)19-10-18(28(27-19)17-4-2-1-3-5-17)15-6-8-16(9-7-15)26-13-14(11-24)12-25/h1-10,13,26H. The number of nitriles is 2. The molecule has 0 aliphatic heterocycles. The molecule has 5 nitrogen and oxygen atoms in total. The van der Waals surface area contributed by atoms with E-state index in [1.165, 1.54) is 10.9 Å². The van der Waals surface area contributed by atoms with Crippen LogP contribution in [0.3, 0.4) is 0 Å². The van der Waals surface area contributed by atoms with Gasteiger partial charge in [0.2, 0.25) is 0 Å². The highest BCUT2D eigenvalue weighted by molar-refractivity contribution is 5.66. The van der Waals surface area contributed by atoms with Gasteiger partial charge in [-0.2, -0.15) is 28.8 Å². The fourth-order valence-electron chi connectivity index (χ4n) is 2.47. The number of aromatic nitrogens is 2. The van der Waals surface area contributed by atoms with Gasteiger partial charge in [0.1, 0.15) is 17.7 Å². The maximum absolute atomic E-state index is 13.2. The molecule has 1 aromatic heterocycles. The van der Waals surface area contributed by atoms with Crippen molar-refractivity contribution in [1.82, 2.24) is 9.78 Å². The first kappa shape index (κ1) is 18.7. The lowest BCUT2D eigenvalue weighted by atomic mass is 10.1. The molecule has 0 unspecified atom stereocenters. The molecule has 0 saturated heterocycles. The average molecular weight is 379 g/mol. The zero-order valence-electron chi connectivity index (χ0n) is 14.3. The smallest absolute Gasteiger partial charge is 0.360 e. The van der Waals surface area contributed by atoms with Crippen molar-refractivity contribution < 1.29 is 13.2 Å². The Morgan fingerprint density at radius 2 is 1.64 bits per heavy atom. The highest BCUT2D eigenvalue weighted by atomic mass is 19.4. The lowest BCUT2D eigenvalue weighted by Crippen LogP contribution is -2.07. The van der Waals surface area contributed by atoms with Crippen LogP contribution in [0.5, 0.6) is 0 Å². The highest BCUT2D eigenvalue weighted by Crippen LogP contribution is 2.33. The third kappa shape index (κ3) is 4.02. The average Bonchev–Trinajstić information content (AvgIpc) is 3.16.